The summed E-state index contributed by atoms with van der Waals surface area (Å²) in [6, 6.07) is 3.16. The molecule has 0 aliphatic carbocycles. The Labute approximate surface area is 115 Å². The number of benzene rings is 1. The molecule has 1 aromatic rings. The van der Waals surface area contributed by atoms with Gasteiger partial charge in [-0.15, -0.1) is 0 Å². The van der Waals surface area contributed by atoms with Crippen LogP contribution >= 0.6 is 0 Å². The Balaban J connectivity index is 2.27. The second kappa shape index (κ2) is 5.54. The molecule has 20 heavy (non-hydrogen) atoms. The second-order valence-corrected chi connectivity index (χ2v) is 4.90. The summed E-state index contributed by atoms with van der Waals surface area (Å²) in [6.07, 6.45) is 0. The quantitative estimate of drug-likeness (QED) is 0.659. The number of non-ortho nitro benzene ring substituents is 1. The fourth-order valence-corrected chi connectivity index (χ4v) is 2.29. The average molecular weight is 281 g/mol. The van der Waals surface area contributed by atoms with E-state index in [2.05, 4.69) is 5.32 Å². The number of hydrogen-bond donors (Lipinski definition) is 1. The number of nitro benzene ring substituents is 1. The fraction of sp³-hybridized carbons (Fsp3) is 0.462. The van der Waals surface area contributed by atoms with Crippen LogP contribution in [0.3, 0.4) is 0 Å². The molecule has 1 heterocycles. The van der Waals surface area contributed by atoms with Crippen LogP contribution in [0, 0.1) is 15.9 Å². The summed E-state index contributed by atoms with van der Waals surface area (Å²) in [5, 5.41) is 13.8. The lowest BCUT2D eigenvalue weighted by Gasteiger charge is -2.38. The number of halogens is 1. The summed E-state index contributed by atoms with van der Waals surface area (Å²) >= 11 is 0. The molecule has 1 aromatic carbocycles. The van der Waals surface area contributed by atoms with Crippen molar-refractivity contribution in [2.75, 3.05) is 13.1 Å². The Morgan fingerprint density at radius 3 is 2.80 bits per heavy atom. The molecule has 6 nitrogen and oxygen atoms in total. The van der Waals surface area contributed by atoms with E-state index in [0.29, 0.717) is 13.1 Å². The Morgan fingerprint density at radius 2 is 2.20 bits per heavy atom. The van der Waals surface area contributed by atoms with Crippen molar-refractivity contribution in [3.05, 3.63) is 39.7 Å². The number of rotatable bonds is 2. The van der Waals surface area contributed by atoms with E-state index in [4.69, 9.17) is 0 Å². The number of nitrogens with one attached hydrogen (secondary N) is 1. The maximum Gasteiger partial charge on any atom is 0.272 e. The lowest BCUT2D eigenvalue weighted by atomic mass is 10.0. The molecule has 1 amide bonds. The largest absolute Gasteiger partial charge is 0.333 e. The van der Waals surface area contributed by atoms with Gasteiger partial charge in [0, 0.05) is 31.2 Å². The summed E-state index contributed by atoms with van der Waals surface area (Å²) < 4.78 is 13.9. The number of carbonyl (C=O) groups is 1. The van der Waals surface area contributed by atoms with Gasteiger partial charge in [-0.3, -0.25) is 14.9 Å². The molecule has 0 spiro atoms. The Morgan fingerprint density at radius 1 is 1.50 bits per heavy atom. The second-order valence-electron chi connectivity index (χ2n) is 4.90. The standard InChI is InChI=1S/C13H16FN3O3/c1-8-9(2)16(6-5-15-8)13(18)11-4-3-10(17(19)20)7-12(11)14/h3-4,7-9,15H,5-6H2,1-2H3. The monoisotopic (exact) mass is 281 g/mol. The molecule has 1 aliphatic rings. The molecule has 1 saturated heterocycles. The van der Waals surface area contributed by atoms with E-state index in [1.165, 1.54) is 6.07 Å². The maximum absolute atomic E-state index is 13.9. The number of amides is 1. The first kappa shape index (κ1) is 14.4. The maximum atomic E-state index is 13.9. The molecule has 1 fully saturated rings. The zero-order valence-electron chi connectivity index (χ0n) is 11.3. The van der Waals surface area contributed by atoms with Crippen LogP contribution in [-0.4, -0.2) is 40.9 Å². The number of hydrogen-bond acceptors (Lipinski definition) is 4. The van der Waals surface area contributed by atoms with Gasteiger partial charge in [0.15, 0.2) is 0 Å². The predicted octanol–water partition coefficient (Wildman–Crippen LogP) is 1.56. The van der Waals surface area contributed by atoms with Crippen molar-refractivity contribution in [3.8, 4) is 0 Å². The predicted molar refractivity (Wildman–Crippen MR) is 71.0 cm³/mol. The zero-order valence-corrected chi connectivity index (χ0v) is 11.3. The third kappa shape index (κ3) is 2.62. The van der Waals surface area contributed by atoms with Crippen molar-refractivity contribution in [1.29, 1.82) is 0 Å². The molecule has 0 saturated carbocycles. The van der Waals surface area contributed by atoms with Gasteiger partial charge in [-0.05, 0) is 19.9 Å². The number of carbonyl (C=O) groups excluding carboxylic acids is 1. The minimum absolute atomic E-state index is 0.0640. The molecule has 0 radical (unpaired) electrons. The van der Waals surface area contributed by atoms with Crippen molar-refractivity contribution in [1.82, 2.24) is 10.2 Å². The van der Waals surface area contributed by atoms with Crippen LogP contribution in [0.5, 0.6) is 0 Å². The number of nitrogens with zero attached hydrogens (tertiary/aromatic N) is 2. The Bertz CT molecular complexity index is 550. The molecule has 2 atom stereocenters. The SMILES string of the molecule is CC1NCCN(C(=O)c2ccc([N+](=O)[O-])cc2F)C1C. The van der Waals surface area contributed by atoms with Crippen molar-refractivity contribution in [2.45, 2.75) is 25.9 Å². The summed E-state index contributed by atoms with van der Waals surface area (Å²) in [6.45, 7) is 4.97. The van der Waals surface area contributed by atoms with Crippen molar-refractivity contribution < 1.29 is 14.1 Å². The van der Waals surface area contributed by atoms with Gasteiger partial charge in [0.1, 0.15) is 5.82 Å². The van der Waals surface area contributed by atoms with E-state index < -0.39 is 16.6 Å². The summed E-state index contributed by atoms with van der Waals surface area (Å²) in [5.41, 5.74) is -0.489. The van der Waals surface area contributed by atoms with Gasteiger partial charge in [-0.2, -0.15) is 0 Å². The third-order valence-electron chi connectivity index (χ3n) is 3.69. The Hall–Kier alpha value is -2.02. The smallest absolute Gasteiger partial charge is 0.272 e. The van der Waals surface area contributed by atoms with Gasteiger partial charge in [0.2, 0.25) is 0 Å². The van der Waals surface area contributed by atoms with Gasteiger partial charge in [0.25, 0.3) is 11.6 Å². The fourth-order valence-electron chi connectivity index (χ4n) is 2.29. The van der Waals surface area contributed by atoms with E-state index in [1.54, 1.807) is 4.90 Å². The van der Waals surface area contributed by atoms with Crippen molar-refractivity contribution in [3.63, 3.8) is 0 Å². The van der Waals surface area contributed by atoms with E-state index in [9.17, 15) is 19.3 Å². The minimum atomic E-state index is -0.859. The van der Waals surface area contributed by atoms with Crippen LogP contribution in [-0.2, 0) is 0 Å². The van der Waals surface area contributed by atoms with Crippen LogP contribution in [0.4, 0.5) is 10.1 Å². The van der Waals surface area contributed by atoms with Gasteiger partial charge in [-0.1, -0.05) is 0 Å². The van der Waals surface area contributed by atoms with Gasteiger partial charge >= 0.3 is 0 Å². The number of piperazine rings is 1. The van der Waals surface area contributed by atoms with Crippen LogP contribution in [0.2, 0.25) is 0 Å². The van der Waals surface area contributed by atoms with Gasteiger partial charge < -0.3 is 10.2 Å². The Kier molecular flexibility index (Phi) is 3.99. The highest BCUT2D eigenvalue weighted by atomic mass is 19.1. The average Bonchev–Trinajstić information content (AvgIpc) is 2.41. The van der Waals surface area contributed by atoms with Crippen LogP contribution in [0.25, 0.3) is 0 Å². The highest BCUT2D eigenvalue weighted by Gasteiger charge is 2.30. The van der Waals surface area contributed by atoms with Gasteiger partial charge in [-0.25, -0.2) is 4.39 Å². The van der Waals surface area contributed by atoms with Crippen molar-refractivity contribution >= 4 is 11.6 Å². The van der Waals surface area contributed by atoms with E-state index >= 15 is 0 Å². The van der Waals surface area contributed by atoms with Crippen molar-refractivity contribution in [2.24, 2.45) is 0 Å². The first-order chi connectivity index (χ1) is 9.41. The molecular weight excluding hydrogens is 265 g/mol. The van der Waals surface area contributed by atoms with Crippen LogP contribution in [0.15, 0.2) is 18.2 Å². The zero-order chi connectivity index (χ0) is 14.9. The lowest BCUT2D eigenvalue weighted by molar-refractivity contribution is -0.385. The van der Waals surface area contributed by atoms with E-state index in [0.717, 1.165) is 12.1 Å². The van der Waals surface area contributed by atoms with Crippen LogP contribution in [0.1, 0.15) is 24.2 Å². The van der Waals surface area contributed by atoms with Gasteiger partial charge in [0.05, 0.1) is 16.6 Å². The molecule has 108 valence electrons. The highest BCUT2D eigenvalue weighted by molar-refractivity contribution is 5.95. The first-order valence-electron chi connectivity index (χ1n) is 6.40. The molecule has 7 heteroatoms. The molecule has 1 N–H and O–H groups in total. The summed E-state index contributed by atoms with van der Waals surface area (Å²) in [5.74, 6) is -1.29. The first-order valence-corrected chi connectivity index (χ1v) is 6.40. The lowest BCUT2D eigenvalue weighted by Crippen LogP contribution is -2.57. The third-order valence-corrected chi connectivity index (χ3v) is 3.69. The molecule has 1 aliphatic heterocycles. The molecule has 0 aromatic heterocycles. The highest BCUT2D eigenvalue weighted by Crippen LogP contribution is 2.20. The topological polar surface area (TPSA) is 75.5 Å². The molecule has 2 rings (SSSR count). The molecule has 0 bridgehead atoms. The van der Waals surface area contributed by atoms with Crippen LogP contribution < -0.4 is 5.32 Å². The normalized spacial score (nSPS) is 22.6. The summed E-state index contributed by atoms with van der Waals surface area (Å²) in [4.78, 5) is 23.8. The number of nitro groups is 1. The summed E-state index contributed by atoms with van der Waals surface area (Å²) in [7, 11) is 0. The van der Waals surface area contributed by atoms with E-state index in [-0.39, 0.29) is 23.3 Å². The van der Waals surface area contributed by atoms with E-state index in [1.807, 2.05) is 13.8 Å². The molecular formula is C13H16FN3O3. The molecule has 2 unspecified atom stereocenters. The minimum Gasteiger partial charge on any atom is -0.333 e.